The lowest BCUT2D eigenvalue weighted by atomic mass is 10.2. The van der Waals surface area contributed by atoms with E-state index in [2.05, 4.69) is 25.7 Å². The Bertz CT molecular complexity index is 903. The number of hydrogen-bond donors (Lipinski definition) is 0. The van der Waals surface area contributed by atoms with E-state index in [0.717, 1.165) is 5.56 Å². The Morgan fingerprint density at radius 3 is 2.83 bits per heavy atom. The summed E-state index contributed by atoms with van der Waals surface area (Å²) in [5, 5.41) is 16.4. The molecule has 120 valence electrons. The highest BCUT2D eigenvalue weighted by atomic mass is 32.2. The third kappa shape index (κ3) is 3.20. The van der Waals surface area contributed by atoms with E-state index in [1.165, 1.54) is 11.8 Å². The van der Waals surface area contributed by atoms with Gasteiger partial charge in [0.2, 0.25) is 16.9 Å². The van der Waals surface area contributed by atoms with Gasteiger partial charge in [0.1, 0.15) is 0 Å². The molecular formula is C15H12N6O2S. The van der Waals surface area contributed by atoms with Crippen molar-refractivity contribution in [2.24, 2.45) is 0 Å². The van der Waals surface area contributed by atoms with Gasteiger partial charge in [0.15, 0.2) is 5.76 Å². The van der Waals surface area contributed by atoms with Crippen LogP contribution in [0.3, 0.4) is 0 Å². The van der Waals surface area contributed by atoms with Gasteiger partial charge in [-0.2, -0.15) is 4.98 Å². The second-order valence-corrected chi connectivity index (χ2v) is 5.82. The summed E-state index contributed by atoms with van der Waals surface area (Å²) in [6.07, 6.45) is 1.57. The summed E-state index contributed by atoms with van der Waals surface area (Å²) in [6.45, 7) is 0.609. The third-order valence-corrected chi connectivity index (χ3v) is 4.15. The van der Waals surface area contributed by atoms with Crippen LogP contribution < -0.4 is 0 Å². The van der Waals surface area contributed by atoms with Crippen LogP contribution in [0.4, 0.5) is 0 Å². The van der Waals surface area contributed by atoms with Crippen molar-refractivity contribution >= 4 is 11.8 Å². The lowest BCUT2D eigenvalue weighted by molar-refractivity contribution is 0.390. The molecule has 3 aromatic heterocycles. The predicted molar refractivity (Wildman–Crippen MR) is 84.9 cm³/mol. The van der Waals surface area contributed by atoms with Gasteiger partial charge in [-0.05, 0) is 28.1 Å². The number of furan rings is 1. The molecule has 0 fully saturated rings. The van der Waals surface area contributed by atoms with E-state index in [1.54, 1.807) is 23.1 Å². The summed E-state index contributed by atoms with van der Waals surface area (Å²) in [5.41, 5.74) is 1.13. The van der Waals surface area contributed by atoms with E-state index >= 15 is 0 Å². The van der Waals surface area contributed by atoms with Crippen LogP contribution in [0.15, 0.2) is 62.8 Å². The molecule has 24 heavy (non-hydrogen) atoms. The summed E-state index contributed by atoms with van der Waals surface area (Å²) in [5.74, 6) is 1.96. The van der Waals surface area contributed by atoms with Crippen LogP contribution >= 0.6 is 11.8 Å². The Labute approximate surface area is 140 Å². The first-order valence-electron chi connectivity index (χ1n) is 7.18. The van der Waals surface area contributed by atoms with Gasteiger partial charge < -0.3 is 8.94 Å². The summed E-state index contributed by atoms with van der Waals surface area (Å²) >= 11 is 1.44. The van der Waals surface area contributed by atoms with Crippen molar-refractivity contribution < 1.29 is 8.94 Å². The van der Waals surface area contributed by atoms with Crippen LogP contribution in [-0.2, 0) is 12.3 Å². The summed E-state index contributed by atoms with van der Waals surface area (Å²) in [6, 6.07) is 13.6. The maximum absolute atomic E-state index is 5.24. The molecular weight excluding hydrogens is 328 g/mol. The van der Waals surface area contributed by atoms with E-state index in [1.807, 2.05) is 30.3 Å². The fourth-order valence-corrected chi connectivity index (χ4v) is 2.82. The van der Waals surface area contributed by atoms with Crippen LogP contribution in [-0.4, -0.2) is 30.3 Å². The van der Waals surface area contributed by atoms with Gasteiger partial charge in [0, 0.05) is 0 Å². The number of aromatic nitrogens is 6. The summed E-state index contributed by atoms with van der Waals surface area (Å²) in [4.78, 5) is 4.30. The second kappa shape index (κ2) is 6.67. The van der Waals surface area contributed by atoms with E-state index < -0.39 is 0 Å². The zero-order valence-corrected chi connectivity index (χ0v) is 13.3. The second-order valence-electron chi connectivity index (χ2n) is 4.88. The Morgan fingerprint density at radius 1 is 1.08 bits per heavy atom. The lowest BCUT2D eigenvalue weighted by Crippen LogP contribution is -2.03. The first kappa shape index (κ1) is 14.6. The number of hydrogen-bond acceptors (Lipinski definition) is 8. The average Bonchev–Trinajstić information content (AvgIpc) is 3.36. The van der Waals surface area contributed by atoms with Crippen LogP contribution in [0.1, 0.15) is 11.5 Å². The van der Waals surface area contributed by atoms with Crippen LogP contribution in [0.5, 0.6) is 0 Å². The van der Waals surface area contributed by atoms with Crippen molar-refractivity contribution in [2.75, 3.05) is 0 Å². The normalized spacial score (nSPS) is 11.0. The highest BCUT2D eigenvalue weighted by Crippen LogP contribution is 2.22. The van der Waals surface area contributed by atoms with Gasteiger partial charge in [0.25, 0.3) is 0 Å². The molecule has 9 heteroatoms. The fraction of sp³-hybridized carbons (Fsp3) is 0.133. The van der Waals surface area contributed by atoms with Gasteiger partial charge >= 0.3 is 0 Å². The molecule has 8 nitrogen and oxygen atoms in total. The number of nitrogens with zero attached hydrogens (tertiary/aromatic N) is 6. The van der Waals surface area contributed by atoms with Gasteiger partial charge in [-0.15, -0.1) is 5.10 Å². The van der Waals surface area contributed by atoms with Crippen molar-refractivity contribution in [1.82, 2.24) is 30.3 Å². The maximum Gasteiger partial charge on any atom is 0.238 e. The van der Waals surface area contributed by atoms with Crippen molar-refractivity contribution in [3.63, 3.8) is 0 Å². The van der Waals surface area contributed by atoms with Gasteiger partial charge in [0.05, 0.1) is 18.6 Å². The highest BCUT2D eigenvalue weighted by Gasteiger charge is 2.13. The molecule has 0 radical (unpaired) electrons. The van der Waals surface area contributed by atoms with Crippen molar-refractivity contribution in [3.05, 3.63) is 60.2 Å². The van der Waals surface area contributed by atoms with Gasteiger partial charge in [-0.25, -0.2) is 4.68 Å². The topological polar surface area (TPSA) is 95.7 Å². The molecule has 0 bridgehead atoms. The average molecular weight is 340 g/mol. The summed E-state index contributed by atoms with van der Waals surface area (Å²) in [7, 11) is 0. The van der Waals surface area contributed by atoms with Crippen LogP contribution in [0.2, 0.25) is 0 Å². The smallest absolute Gasteiger partial charge is 0.238 e. The monoisotopic (exact) mass is 340 g/mol. The van der Waals surface area contributed by atoms with Crippen molar-refractivity contribution in [1.29, 1.82) is 0 Å². The molecule has 0 amide bonds. The van der Waals surface area contributed by atoms with E-state index in [-0.39, 0.29) is 0 Å². The molecule has 0 aliphatic carbocycles. The van der Waals surface area contributed by atoms with E-state index in [9.17, 15) is 0 Å². The van der Waals surface area contributed by atoms with Crippen molar-refractivity contribution in [2.45, 2.75) is 17.5 Å². The molecule has 0 atom stereocenters. The minimum absolute atomic E-state index is 0.430. The molecule has 4 rings (SSSR count). The van der Waals surface area contributed by atoms with Crippen LogP contribution in [0.25, 0.3) is 11.6 Å². The molecule has 0 aliphatic heterocycles. The number of thioether (sulfide) groups is 1. The Hall–Kier alpha value is -2.94. The molecule has 0 aliphatic rings. The molecule has 0 spiro atoms. The quantitative estimate of drug-likeness (QED) is 0.494. The van der Waals surface area contributed by atoms with E-state index in [0.29, 0.717) is 34.9 Å². The maximum atomic E-state index is 5.24. The molecule has 0 saturated heterocycles. The van der Waals surface area contributed by atoms with Crippen molar-refractivity contribution in [3.8, 4) is 11.6 Å². The molecule has 4 aromatic rings. The standard InChI is InChI=1S/C15H12N6O2S/c1-2-5-11(6-3-1)9-21-15(17-19-20-21)24-10-13-16-14(18-23-13)12-7-4-8-22-12/h1-8H,9-10H2. The third-order valence-electron chi connectivity index (χ3n) is 3.21. The Balaban J connectivity index is 1.43. The summed E-state index contributed by atoms with van der Waals surface area (Å²) < 4.78 is 12.2. The molecule has 0 saturated carbocycles. The zero-order chi connectivity index (χ0) is 16.2. The van der Waals surface area contributed by atoms with Crippen LogP contribution in [0, 0.1) is 0 Å². The molecule has 0 N–H and O–H groups in total. The fourth-order valence-electron chi connectivity index (χ4n) is 2.10. The highest BCUT2D eigenvalue weighted by molar-refractivity contribution is 7.98. The van der Waals surface area contributed by atoms with Gasteiger partial charge in [-0.1, -0.05) is 47.3 Å². The molecule has 1 aromatic carbocycles. The number of benzene rings is 1. The first-order valence-corrected chi connectivity index (χ1v) is 8.16. The first-order chi connectivity index (χ1) is 11.9. The minimum Gasteiger partial charge on any atom is -0.461 e. The predicted octanol–water partition coefficient (Wildman–Crippen LogP) is 2.66. The number of tetrazole rings is 1. The van der Waals surface area contributed by atoms with Gasteiger partial charge in [-0.3, -0.25) is 0 Å². The lowest BCUT2D eigenvalue weighted by Gasteiger charge is -2.03. The zero-order valence-electron chi connectivity index (χ0n) is 12.4. The Morgan fingerprint density at radius 2 is 2.00 bits per heavy atom. The minimum atomic E-state index is 0.430. The molecule has 0 unspecified atom stereocenters. The largest absolute Gasteiger partial charge is 0.461 e. The SMILES string of the molecule is c1ccc(Cn2nnnc2SCc2nc(-c3ccco3)no2)cc1. The Kier molecular flexibility index (Phi) is 4.07. The number of rotatable bonds is 6. The molecule has 3 heterocycles. The van der Waals surface area contributed by atoms with E-state index in [4.69, 9.17) is 8.94 Å².